The molecule has 2 aromatic carbocycles. The van der Waals surface area contributed by atoms with Gasteiger partial charge in [0.15, 0.2) is 0 Å². The van der Waals surface area contributed by atoms with Gasteiger partial charge in [0.1, 0.15) is 0 Å². The lowest BCUT2D eigenvalue weighted by molar-refractivity contribution is 0.102. The van der Waals surface area contributed by atoms with E-state index in [9.17, 15) is 13.2 Å². The molecule has 0 fully saturated rings. The Morgan fingerprint density at radius 1 is 1.04 bits per heavy atom. The highest BCUT2D eigenvalue weighted by Gasteiger charge is 2.22. The molecule has 3 aromatic rings. The van der Waals surface area contributed by atoms with Crippen LogP contribution in [0.3, 0.4) is 0 Å². The molecule has 3 rings (SSSR count). The number of carbonyl (C=O) groups is 1. The number of carbonyl (C=O) groups excluding carboxylic acids is 1. The van der Waals surface area contributed by atoms with Crippen molar-refractivity contribution in [2.75, 3.05) is 5.32 Å². The number of nitrogens with one attached hydrogen (secondary N) is 1. The summed E-state index contributed by atoms with van der Waals surface area (Å²) in [6.07, 6.45) is 0. The fourth-order valence-corrected chi connectivity index (χ4v) is 4.64. The van der Waals surface area contributed by atoms with E-state index in [1.807, 2.05) is 44.2 Å². The normalized spacial score (nSPS) is 11.3. The van der Waals surface area contributed by atoms with Crippen LogP contribution < -0.4 is 5.32 Å². The molecule has 134 valence electrons. The first-order valence-electron chi connectivity index (χ1n) is 7.83. The van der Waals surface area contributed by atoms with Crippen molar-refractivity contribution in [2.45, 2.75) is 23.9 Å². The highest BCUT2D eigenvalue weighted by atomic mass is 32.2. The fourth-order valence-electron chi connectivity index (χ4n) is 2.34. The molecule has 0 aliphatic heterocycles. The second-order valence-electron chi connectivity index (χ2n) is 5.94. The van der Waals surface area contributed by atoms with Crippen LogP contribution in [0.25, 0.3) is 0 Å². The minimum atomic E-state index is -3.62. The van der Waals surface area contributed by atoms with Crippen LogP contribution in [0.2, 0.25) is 0 Å². The van der Waals surface area contributed by atoms with Crippen LogP contribution in [0.15, 0.2) is 52.9 Å². The molecule has 0 radical (unpaired) electrons. The molecule has 26 heavy (non-hydrogen) atoms. The van der Waals surface area contributed by atoms with Gasteiger partial charge in [-0.1, -0.05) is 58.9 Å². The van der Waals surface area contributed by atoms with E-state index in [-0.39, 0.29) is 21.1 Å². The van der Waals surface area contributed by atoms with Crippen LogP contribution in [0.4, 0.5) is 5.13 Å². The number of benzene rings is 2. The van der Waals surface area contributed by atoms with Crippen LogP contribution in [0.5, 0.6) is 0 Å². The van der Waals surface area contributed by atoms with Gasteiger partial charge < -0.3 is 0 Å². The standard InChI is InChI=1S/C18H17N3O3S2/c1-12-6-8-15(9-7-12)16(22)19-17-20-21-18(25-17)26(23,24)11-14-5-3-4-13(2)10-14/h3-10H,11H2,1-2H3,(H,19,20,22). The summed E-state index contributed by atoms with van der Waals surface area (Å²) in [6.45, 7) is 3.83. The number of nitrogens with zero attached hydrogens (tertiary/aromatic N) is 2. The van der Waals surface area contributed by atoms with Gasteiger partial charge in [0.2, 0.25) is 19.3 Å². The summed E-state index contributed by atoms with van der Waals surface area (Å²) in [7, 11) is -3.62. The molecule has 0 unspecified atom stereocenters. The number of hydrogen-bond donors (Lipinski definition) is 1. The molecule has 0 atom stereocenters. The van der Waals surface area contributed by atoms with Gasteiger partial charge in [-0.25, -0.2) is 8.42 Å². The first kappa shape index (κ1) is 18.2. The second-order valence-corrected chi connectivity index (χ2v) is 9.08. The monoisotopic (exact) mass is 387 g/mol. The molecule has 8 heteroatoms. The summed E-state index contributed by atoms with van der Waals surface area (Å²) in [5.41, 5.74) is 3.18. The molecule has 1 amide bonds. The van der Waals surface area contributed by atoms with Gasteiger partial charge in [-0.2, -0.15) is 0 Å². The smallest absolute Gasteiger partial charge is 0.257 e. The molecule has 0 aliphatic rings. The van der Waals surface area contributed by atoms with Crippen molar-refractivity contribution in [3.63, 3.8) is 0 Å². The zero-order chi connectivity index (χ0) is 18.7. The number of amides is 1. The zero-order valence-electron chi connectivity index (χ0n) is 14.3. The van der Waals surface area contributed by atoms with Gasteiger partial charge in [0, 0.05) is 5.56 Å². The molecule has 0 aliphatic carbocycles. The van der Waals surface area contributed by atoms with Crippen LogP contribution in [-0.2, 0) is 15.6 Å². The van der Waals surface area contributed by atoms with Crippen molar-refractivity contribution in [3.05, 3.63) is 70.8 Å². The minimum absolute atomic E-state index is 0.113. The lowest BCUT2D eigenvalue weighted by Crippen LogP contribution is -2.11. The first-order valence-corrected chi connectivity index (χ1v) is 10.3. The summed E-state index contributed by atoms with van der Waals surface area (Å²) < 4.78 is 24.9. The van der Waals surface area contributed by atoms with Gasteiger partial charge in [-0.05, 0) is 31.5 Å². The molecule has 0 bridgehead atoms. The molecule has 0 saturated heterocycles. The predicted octanol–water partition coefficient (Wildman–Crippen LogP) is 3.38. The maximum Gasteiger partial charge on any atom is 0.257 e. The van der Waals surface area contributed by atoms with Crippen LogP contribution in [-0.4, -0.2) is 24.5 Å². The highest BCUT2D eigenvalue weighted by molar-refractivity contribution is 7.92. The highest BCUT2D eigenvalue weighted by Crippen LogP contribution is 2.24. The van der Waals surface area contributed by atoms with Crippen molar-refractivity contribution >= 4 is 32.2 Å². The number of aromatic nitrogens is 2. The second kappa shape index (κ2) is 7.35. The molecule has 1 N–H and O–H groups in total. The van der Waals surface area contributed by atoms with Crippen molar-refractivity contribution in [1.29, 1.82) is 0 Å². The van der Waals surface area contributed by atoms with E-state index < -0.39 is 9.84 Å². The lowest BCUT2D eigenvalue weighted by Gasteiger charge is -2.02. The van der Waals surface area contributed by atoms with E-state index in [4.69, 9.17) is 0 Å². The molecule has 6 nitrogen and oxygen atoms in total. The summed E-state index contributed by atoms with van der Waals surface area (Å²) >= 11 is 0.847. The number of hydrogen-bond acceptors (Lipinski definition) is 6. The van der Waals surface area contributed by atoms with Gasteiger partial charge in [0.05, 0.1) is 5.75 Å². The summed E-state index contributed by atoms with van der Waals surface area (Å²) in [4.78, 5) is 12.2. The van der Waals surface area contributed by atoms with Crippen LogP contribution >= 0.6 is 11.3 Å². The maximum atomic E-state index is 12.5. The fraction of sp³-hybridized carbons (Fsp3) is 0.167. The van der Waals surface area contributed by atoms with E-state index >= 15 is 0 Å². The molecule has 1 aromatic heterocycles. The summed E-state index contributed by atoms with van der Waals surface area (Å²) in [6, 6.07) is 14.3. The number of rotatable bonds is 5. The largest absolute Gasteiger partial charge is 0.296 e. The Hall–Kier alpha value is -2.58. The molecular weight excluding hydrogens is 370 g/mol. The van der Waals surface area contributed by atoms with Crippen molar-refractivity contribution < 1.29 is 13.2 Å². The summed E-state index contributed by atoms with van der Waals surface area (Å²) in [5.74, 6) is -0.515. The maximum absolute atomic E-state index is 12.5. The van der Waals surface area contributed by atoms with Crippen molar-refractivity contribution in [2.24, 2.45) is 0 Å². The van der Waals surface area contributed by atoms with Gasteiger partial charge in [0.25, 0.3) is 5.91 Å². The number of aryl methyl sites for hydroxylation is 2. The number of anilines is 1. The first-order chi connectivity index (χ1) is 12.3. The van der Waals surface area contributed by atoms with E-state index in [2.05, 4.69) is 15.5 Å². The van der Waals surface area contributed by atoms with Gasteiger partial charge in [-0.3, -0.25) is 10.1 Å². The number of sulfone groups is 1. The van der Waals surface area contributed by atoms with Crippen molar-refractivity contribution in [3.8, 4) is 0 Å². The van der Waals surface area contributed by atoms with E-state index in [1.54, 1.807) is 18.2 Å². The summed E-state index contributed by atoms with van der Waals surface area (Å²) in [5, 5.41) is 10.3. The third-order valence-electron chi connectivity index (χ3n) is 3.65. The van der Waals surface area contributed by atoms with Gasteiger partial charge >= 0.3 is 0 Å². The SMILES string of the molecule is Cc1ccc(C(=O)Nc2nnc(S(=O)(=O)Cc3cccc(C)c3)s2)cc1. The Bertz CT molecular complexity index is 1040. The minimum Gasteiger partial charge on any atom is -0.296 e. The predicted molar refractivity (Wildman–Crippen MR) is 101 cm³/mol. The van der Waals surface area contributed by atoms with Gasteiger partial charge in [-0.15, -0.1) is 10.2 Å². The average Bonchev–Trinajstić information content (AvgIpc) is 3.04. The van der Waals surface area contributed by atoms with E-state index in [1.165, 1.54) is 0 Å². The Kier molecular flexibility index (Phi) is 5.15. The lowest BCUT2D eigenvalue weighted by atomic mass is 10.1. The Balaban J connectivity index is 1.74. The Morgan fingerprint density at radius 3 is 2.46 bits per heavy atom. The molecule has 1 heterocycles. The van der Waals surface area contributed by atoms with Crippen LogP contribution in [0.1, 0.15) is 27.0 Å². The Morgan fingerprint density at radius 2 is 1.77 bits per heavy atom. The molecule has 0 saturated carbocycles. The third kappa shape index (κ3) is 4.33. The zero-order valence-corrected chi connectivity index (χ0v) is 15.9. The van der Waals surface area contributed by atoms with Crippen molar-refractivity contribution in [1.82, 2.24) is 10.2 Å². The van der Waals surface area contributed by atoms with E-state index in [0.29, 0.717) is 11.1 Å². The van der Waals surface area contributed by atoms with Crippen LogP contribution in [0, 0.1) is 13.8 Å². The third-order valence-corrected chi connectivity index (χ3v) is 6.62. The Labute approximate surface area is 155 Å². The molecular formula is C18H17N3O3S2. The topological polar surface area (TPSA) is 89.0 Å². The van der Waals surface area contributed by atoms with E-state index in [0.717, 1.165) is 22.5 Å². The average molecular weight is 387 g/mol. The molecule has 0 spiro atoms. The quantitative estimate of drug-likeness (QED) is 0.678.